The molecule has 0 radical (unpaired) electrons. The summed E-state index contributed by atoms with van der Waals surface area (Å²) in [7, 11) is 0. The van der Waals surface area contributed by atoms with Crippen LogP contribution in [0, 0.1) is 0 Å². The number of hydrogen-bond acceptors (Lipinski definition) is 2. The van der Waals surface area contributed by atoms with Gasteiger partial charge < -0.3 is 10.1 Å². The van der Waals surface area contributed by atoms with Crippen LogP contribution in [0.2, 0.25) is 0 Å². The molecular formula is C21H30ClNO. The van der Waals surface area contributed by atoms with Gasteiger partial charge in [0.05, 0.1) is 6.61 Å². The maximum absolute atomic E-state index is 5.89. The van der Waals surface area contributed by atoms with Crippen molar-refractivity contribution in [1.29, 1.82) is 0 Å². The normalized spacial score (nSPS) is 16.2. The largest absolute Gasteiger partial charge is 0.494 e. The molecule has 2 aromatic carbocycles. The molecule has 0 atom stereocenters. The van der Waals surface area contributed by atoms with Crippen molar-refractivity contribution < 1.29 is 4.74 Å². The zero-order valence-corrected chi connectivity index (χ0v) is 15.5. The van der Waals surface area contributed by atoms with E-state index in [1.165, 1.54) is 61.3 Å². The summed E-state index contributed by atoms with van der Waals surface area (Å²) in [4.78, 5) is 0. The Morgan fingerprint density at radius 3 is 2.42 bits per heavy atom. The molecule has 1 aliphatic carbocycles. The zero-order valence-electron chi connectivity index (χ0n) is 14.7. The van der Waals surface area contributed by atoms with Gasteiger partial charge in [-0.15, -0.1) is 12.4 Å². The number of halogens is 1. The van der Waals surface area contributed by atoms with E-state index in [1.54, 1.807) is 0 Å². The number of nitrogens with one attached hydrogen (secondary N) is 1. The van der Waals surface area contributed by atoms with Crippen LogP contribution in [-0.2, 0) is 6.54 Å². The monoisotopic (exact) mass is 347 g/mol. The molecule has 2 aromatic rings. The van der Waals surface area contributed by atoms with Gasteiger partial charge in [0, 0.05) is 18.2 Å². The van der Waals surface area contributed by atoms with E-state index in [0.29, 0.717) is 6.04 Å². The summed E-state index contributed by atoms with van der Waals surface area (Å²) >= 11 is 0. The first-order valence-electron chi connectivity index (χ1n) is 9.25. The van der Waals surface area contributed by atoms with E-state index in [0.717, 1.165) is 18.9 Å². The molecule has 0 aromatic heterocycles. The summed E-state index contributed by atoms with van der Waals surface area (Å²) in [6.07, 6.45) is 9.58. The van der Waals surface area contributed by atoms with E-state index in [2.05, 4.69) is 48.6 Å². The minimum absolute atomic E-state index is 0. The fraction of sp³-hybridized carbons (Fsp3) is 0.524. The van der Waals surface area contributed by atoms with Crippen LogP contribution >= 0.6 is 12.4 Å². The van der Waals surface area contributed by atoms with E-state index in [1.807, 2.05) is 0 Å². The number of rotatable bonds is 5. The van der Waals surface area contributed by atoms with E-state index >= 15 is 0 Å². The van der Waals surface area contributed by atoms with Gasteiger partial charge in [0.25, 0.3) is 0 Å². The Morgan fingerprint density at radius 1 is 0.958 bits per heavy atom. The van der Waals surface area contributed by atoms with Gasteiger partial charge in [-0.25, -0.2) is 0 Å². The predicted molar refractivity (Wildman–Crippen MR) is 105 cm³/mol. The van der Waals surface area contributed by atoms with Crippen LogP contribution in [0.15, 0.2) is 36.4 Å². The summed E-state index contributed by atoms with van der Waals surface area (Å²) < 4.78 is 5.89. The second-order valence-corrected chi connectivity index (χ2v) is 6.62. The van der Waals surface area contributed by atoms with E-state index < -0.39 is 0 Å². The van der Waals surface area contributed by atoms with Gasteiger partial charge in [0.1, 0.15) is 5.75 Å². The Balaban J connectivity index is 0.00000208. The Labute approximate surface area is 152 Å². The van der Waals surface area contributed by atoms with Crippen molar-refractivity contribution >= 4 is 23.2 Å². The molecule has 3 heteroatoms. The summed E-state index contributed by atoms with van der Waals surface area (Å²) in [5, 5.41) is 6.43. The second kappa shape index (κ2) is 9.90. The summed E-state index contributed by atoms with van der Waals surface area (Å²) in [6.45, 7) is 3.68. The van der Waals surface area contributed by atoms with E-state index in [9.17, 15) is 0 Å². The van der Waals surface area contributed by atoms with Crippen molar-refractivity contribution in [3.63, 3.8) is 0 Å². The fourth-order valence-corrected chi connectivity index (χ4v) is 3.70. The maximum atomic E-state index is 5.89. The SMILES string of the molecule is CCOc1ccc2ccccc2c1CNC1CCCCCCC1.Cl. The predicted octanol–water partition coefficient (Wildman–Crippen LogP) is 5.86. The molecule has 3 rings (SSSR count). The number of benzene rings is 2. The maximum Gasteiger partial charge on any atom is 0.124 e. The first-order chi connectivity index (χ1) is 11.4. The topological polar surface area (TPSA) is 21.3 Å². The summed E-state index contributed by atoms with van der Waals surface area (Å²) in [5.41, 5.74) is 1.31. The van der Waals surface area contributed by atoms with Crippen molar-refractivity contribution in [2.24, 2.45) is 0 Å². The van der Waals surface area contributed by atoms with Gasteiger partial charge in [-0.3, -0.25) is 0 Å². The van der Waals surface area contributed by atoms with Gasteiger partial charge >= 0.3 is 0 Å². The second-order valence-electron chi connectivity index (χ2n) is 6.62. The molecule has 2 nitrogen and oxygen atoms in total. The Bertz CT molecular complexity index is 620. The molecule has 0 bridgehead atoms. The standard InChI is InChI=1S/C21H29NO.ClH/c1-2-23-21-15-14-17-10-8-9-13-19(17)20(21)16-22-18-11-6-4-3-5-7-12-18;/h8-10,13-15,18,22H,2-7,11-12,16H2,1H3;1H. The summed E-state index contributed by atoms with van der Waals surface area (Å²) in [6, 6.07) is 13.6. The first kappa shape index (κ1) is 19.1. The number of fused-ring (bicyclic) bond motifs is 1. The average molecular weight is 348 g/mol. The molecule has 1 fully saturated rings. The van der Waals surface area contributed by atoms with Gasteiger partial charge in [-0.1, -0.05) is 62.4 Å². The van der Waals surface area contributed by atoms with Crippen LogP contribution in [0.3, 0.4) is 0 Å². The van der Waals surface area contributed by atoms with Crippen molar-refractivity contribution in [2.75, 3.05) is 6.61 Å². The Hall–Kier alpha value is -1.25. The van der Waals surface area contributed by atoms with Gasteiger partial charge in [-0.2, -0.15) is 0 Å². The van der Waals surface area contributed by atoms with Gasteiger partial charge in [0.15, 0.2) is 0 Å². The molecule has 0 saturated heterocycles. The highest BCUT2D eigenvalue weighted by Gasteiger charge is 2.13. The third-order valence-electron chi connectivity index (χ3n) is 4.97. The molecule has 0 heterocycles. The highest BCUT2D eigenvalue weighted by molar-refractivity contribution is 5.87. The Morgan fingerprint density at radius 2 is 1.67 bits per heavy atom. The molecule has 1 aliphatic rings. The van der Waals surface area contributed by atoms with Crippen molar-refractivity contribution in [3.8, 4) is 5.75 Å². The van der Waals surface area contributed by atoms with Crippen molar-refractivity contribution in [2.45, 2.75) is 64.5 Å². The van der Waals surface area contributed by atoms with Crippen LogP contribution in [0.1, 0.15) is 57.4 Å². The van der Waals surface area contributed by atoms with Crippen molar-refractivity contribution in [1.82, 2.24) is 5.32 Å². The minimum atomic E-state index is 0. The first-order valence-corrected chi connectivity index (χ1v) is 9.25. The number of hydrogen-bond donors (Lipinski definition) is 1. The zero-order chi connectivity index (χ0) is 15.9. The number of ether oxygens (including phenoxy) is 1. The molecular weight excluding hydrogens is 318 g/mol. The third-order valence-corrected chi connectivity index (χ3v) is 4.97. The molecule has 0 amide bonds. The van der Waals surface area contributed by atoms with Crippen LogP contribution in [-0.4, -0.2) is 12.6 Å². The molecule has 0 unspecified atom stereocenters. The van der Waals surface area contributed by atoms with E-state index in [-0.39, 0.29) is 12.4 Å². The molecule has 24 heavy (non-hydrogen) atoms. The highest BCUT2D eigenvalue weighted by atomic mass is 35.5. The summed E-state index contributed by atoms with van der Waals surface area (Å²) in [5.74, 6) is 1.03. The van der Waals surface area contributed by atoms with E-state index in [4.69, 9.17) is 4.74 Å². The molecule has 1 saturated carbocycles. The molecule has 1 N–H and O–H groups in total. The van der Waals surface area contributed by atoms with Crippen molar-refractivity contribution in [3.05, 3.63) is 42.0 Å². The van der Waals surface area contributed by atoms with Crippen LogP contribution < -0.4 is 10.1 Å². The third kappa shape index (κ3) is 4.87. The highest BCUT2D eigenvalue weighted by Crippen LogP contribution is 2.28. The lowest BCUT2D eigenvalue weighted by atomic mass is 9.96. The smallest absolute Gasteiger partial charge is 0.124 e. The van der Waals surface area contributed by atoms with Crippen LogP contribution in [0.4, 0.5) is 0 Å². The van der Waals surface area contributed by atoms with Crippen LogP contribution in [0.5, 0.6) is 5.75 Å². The van der Waals surface area contributed by atoms with Crippen LogP contribution in [0.25, 0.3) is 10.8 Å². The minimum Gasteiger partial charge on any atom is -0.494 e. The van der Waals surface area contributed by atoms with Gasteiger partial charge in [-0.05, 0) is 36.6 Å². The lowest BCUT2D eigenvalue weighted by molar-refractivity contribution is 0.333. The quantitative estimate of drug-likeness (QED) is 0.731. The lowest BCUT2D eigenvalue weighted by Gasteiger charge is -2.22. The molecule has 0 spiro atoms. The molecule has 132 valence electrons. The van der Waals surface area contributed by atoms with Gasteiger partial charge in [0.2, 0.25) is 0 Å². The average Bonchev–Trinajstić information content (AvgIpc) is 2.55. The Kier molecular flexibility index (Phi) is 7.87. The lowest BCUT2D eigenvalue weighted by Crippen LogP contribution is -2.29. The fourth-order valence-electron chi connectivity index (χ4n) is 3.70. The molecule has 0 aliphatic heterocycles.